The predicted molar refractivity (Wildman–Crippen MR) is 74.2 cm³/mol. The quantitative estimate of drug-likeness (QED) is 0.695. The average molecular weight is 294 g/mol. The fourth-order valence-corrected chi connectivity index (χ4v) is 1.70. The Bertz CT molecular complexity index is 628. The maximum Gasteiger partial charge on any atom is 0.416 e. The normalized spacial score (nSPS) is 11.9. The van der Waals surface area contributed by atoms with E-state index in [1.165, 1.54) is 18.3 Å². The minimum atomic E-state index is -4.33. The van der Waals surface area contributed by atoms with Crippen LogP contribution in [0.25, 0.3) is 0 Å². The lowest BCUT2D eigenvalue weighted by atomic mass is 10.1. The molecule has 0 aliphatic carbocycles. The van der Waals surface area contributed by atoms with Crippen molar-refractivity contribution in [3.05, 3.63) is 52.8 Å². The Kier molecular flexibility index (Phi) is 4.21. The number of aromatic nitrogens is 2. The van der Waals surface area contributed by atoms with E-state index in [-0.39, 0.29) is 0 Å². The lowest BCUT2D eigenvalue weighted by Crippen LogP contribution is -2.04. The van der Waals surface area contributed by atoms with Gasteiger partial charge in [-0.1, -0.05) is 12.1 Å². The standard InChI is InChI=1S/C14H13F3N4/c1-9-7-10(2)20-13(19-9)21-18-8-11-3-5-12(6-4-11)14(15,16)17/h3-8H,1-2H3,(H,19,20,21). The number of hydrogen-bond acceptors (Lipinski definition) is 4. The van der Waals surface area contributed by atoms with E-state index in [0.717, 1.165) is 23.5 Å². The zero-order valence-electron chi connectivity index (χ0n) is 11.4. The summed E-state index contributed by atoms with van der Waals surface area (Å²) < 4.78 is 37.2. The van der Waals surface area contributed by atoms with Crippen LogP contribution >= 0.6 is 0 Å². The highest BCUT2D eigenvalue weighted by Crippen LogP contribution is 2.28. The Hall–Kier alpha value is -2.44. The molecular formula is C14H13F3N4. The molecule has 1 heterocycles. The van der Waals surface area contributed by atoms with Crippen LogP contribution in [0.5, 0.6) is 0 Å². The molecular weight excluding hydrogens is 281 g/mol. The first-order valence-corrected chi connectivity index (χ1v) is 6.13. The highest BCUT2D eigenvalue weighted by atomic mass is 19.4. The zero-order chi connectivity index (χ0) is 15.5. The molecule has 0 spiro atoms. The maximum absolute atomic E-state index is 12.4. The summed E-state index contributed by atoms with van der Waals surface area (Å²) in [7, 11) is 0. The molecule has 0 saturated heterocycles. The van der Waals surface area contributed by atoms with E-state index in [9.17, 15) is 13.2 Å². The summed E-state index contributed by atoms with van der Waals surface area (Å²) in [6.07, 6.45) is -2.93. The molecule has 0 radical (unpaired) electrons. The van der Waals surface area contributed by atoms with Gasteiger partial charge in [-0.25, -0.2) is 15.4 Å². The van der Waals surface area contributed by atoms with Crippen molar-refractivity contribution in [1.29, 1.82) is 0 Å². The van der Waals surface area contributed by atoms with E-state index in [1.807, 2.05) is 19.9 Å². The monoisotopic (exact) mass is 294 g/mol. The number of hydrazone groups is 1. The Morgan fingerprint density at radius 3 is 2.14 bits per heavy atom. The molecule has 0 unspecified atom stereocenters. The molecule has 1 N–H and O–H groups in total. The summed E-state index contributed by atoms with van der Waals surface area (Å²) in [6, 6.07) is 6.53. The number of halogens is 3. The minimum absolute atomic E-state index is 0.343. The highest BCUT2D eigenvalue weighted by Gasteiger charge is 2.29. The van der Waals surface area contributed by atoms with Gasteiger partial charge in [0.1, 0.15) is 0 Å². The molecule has 0 aliphatic heterocycles. The summed E-state index contributed by atoms with van der Waals surface area (Å²) in [5.74, 6) is 0.343. The second kappa shape index (κ2) is 5.90. The fraction of sp³-hybridized carbons (Fsp3) is 0.214. The van der Waals surface area contributed by atoms with Crippen LogP contribution in [-0.4, -0.2) is 16.2 Å². The highest BCUT2D eigenvalue weighted by molar-refractivity contribution is 5.80. The van der Waals surface area contributed by atoms with Crippen LogP contribution in [0.3, 0.4) is 0 Å². The van der Waals surface area contributed by atoms with Crippen LogP contribution < -0.4 is 5.43 Å². The van der Waals surface area contributed by atoms with Crippen molar-refractivity contribution in [3.8, 4) is 0 Å². The smallest absolute Gasteiger partial charge is 0.245 e. The van der Waals surface area contributed by atoms with Gasteiger partial charge in [0, 0.05) is 11.4 Å². The van der Waals surface area contributed by atoms with Gasteiger partial charge < -0.3 is 0 Å². The molecule has 0 aliphatic rings. The van der Waals surface area contributed by atoms with Gasteiger partial charge in [-0.05, 0) is 37.6 Å². The van der Waals surface area contributed by atoms with Crippen LogP contribution in [0.2, 0.25) is 0 Å². The van der Waals surface area contributed by atoms with Crippen molar-refractivity contribution in [2.45, 2.75) is 20.0 Å². The molecule has 0 bridgehead atoms. The van der Waals surface area contributed by atoms with Crippen molar-refractivity contribution in [3.63, 3.8) is 0 Å². The summed E-state index contributed by atoms with van der Waals surface area (Å²) in [5.41, 5.74) is 4.10. The van der Waals surface area contributed by atoms with Crippen LogP contribution in [0.1, 0.15) is 22.5 Å². The number of anilines is 1. The van der Waals surface area contributed by atoms with E-state index >= 15 is 0 Å². The largest absolute Gasteiger partial charge is 0.416 e. The third-order valence-corrected chi connectivity index (χ3v) is 2.60. The van der Waals surface area contributed by atoms with Crippen LogP contribution in [0.4, 0.5) is 19.1 Å². The number of aryl methyl sites for hydroxylation is 2. The van der Waals surface area contributed by atoms with Crippen molar-refractivity contribution in [2.75, 3.05) is 5.43 Å². The molecule has 7 heteroatoms. The molecule has 2 aromatic rings. The van der Waals surface area contributed by atoms with Gasteiger partial charge in [0.25, 0.3) is 0 Å². The lowest BCUT2D eigenvalue weighted by Gasteiger charge is -2.05. The molecule has 1 aromatic heterocycles. The number of benzene rings is 1. The van der Waals surface area contributed by atoms with Gasteiger partial charge in [0.2, 0.25) is 5.95 Å². The third kappa shape index (κ3) is 4.27. The van der Waals surface area contributed by atoms with Gasteiger partial charge in [-0.3, -0.25) is 0 Å². The summed E-state index contributed by atoms with van der Waals surface area (Å²) >= 11 is 0. The Morgan fingerprint density at radius 2 is 1.62 bits per heavy atom. The molecule has 2 rings (SSSR count). The van der Waals surface area contributed by atoms with E-state index in [0.29, 0.717) is 11.5 Å². The maximum atomic E-state index is 12.4. The SMILES string of the molecule is Cc1cc(C)nc(NN=Cc2ccc(C(F)(F)F)cc2)n1. The van der Waals surface area contributed by atoms with Gasteiger partial charge >= 0.3 is 6.18 Å². The van der Waals surface area contributed by atoms with Crippen molar-refractivity contribution in [2.24, 2.45) is 5.10 Å². The molecule has 4 nitrogen and oxygen atoms in total. The van der Waals surface area contributed by atoms with Crippen LogP contribution in [0, 0.1) is 13.8 Å². The van der Waals surface area contributed by atoms with Crippen LogP contribution in [0.15, 0.2) is 35.4 Å². The first-order chi connectivity index (χ1) is 9.84. The average Bonchev–Trinajstić information content (AvgIpc) is 2.37. The van der Waals surface area contributed by atoms with E-state index in [1.54, 1.807) is 0 Å². The molecule has 0 atom stereocenters. The Balaban J connectivity index is 2.04. The molecule has 0 amide bonds. The molecule has 0 fully saturated rings. The molecule has 21 heavy (non-hydrogen) atoms. The number of hydrogen-bond donors (Lipinski definition) is 1. The van der Waals surface area contributed by atoms with Crippen LogP contribution in [-0.2, 0) is 6.18 Å². The number of alkyl halides is 3. The number of nitrogens with zero attached hydrogens (tertiary/aromatic N) is 3. The second-order valence-corrected chi connectivity index (χ2v) is 4.46. The van der Waals surface area contributed by atoms with E-state index < -0.39 is 11.7 Å². The molecule has 1 aromatic carbocycles. The number of rotatable bonds is 3. The van der Waals surface area contributed by atoms with Crippen molar-refractivity contribution < 1.29 is 13.2 Å². The van der Waals surface area contributed by atoms with Gasteiger partial charge in [0.15, 0.2) is 0 Å². The molecule has 110 valence electrons. The summed E-state index contributed by atoms with van der Waals surface area (Å²) in [5, 5.41) is 3.90. The Morgan fingerprint density at radius 1 is 1.05 bits per heavy atom. The second-order valence-electron chi connectivity index (χ2n) is 4.46. The third-order valence-electron chi connectivity index (χ3n) is 2.60. The topological polar surface area (TPSA) is 50.2 Å². The predicted octanol–water partition coefficient (Wildman–Crippen LogP) is 3.56. The number of nitrogens with one attached hydrogen (secondary N) is 1. The van der Waals surface area contributed by atoms with E-state index in [2.05, 4.69) is 20.5 Å². The first kappa shape index (κ1) is 15.0. The minimum Gasteiger partial charge on any atom is -0.245 e. The Labute approximate surface area is 119 Å². The lowest BCUT2D eigenvalue weighted by molar-refractivity contribution is -0.137. The molecule has 0 saturated carbocycles. The van der Waals surface area contributed by atoms with Gasteiger partial charge in [0.05, 0.1) is 11.8 Å². The van der Waals surface area contributed by atoms with E-state index in [4.69, 9.17) is 0 Å². The van der Waals surface area contributed by atoms with Gasteiger partial charge in [-0.15, -0.1) is 0 Å². The first-order valence-electron chi connectivity index (χ1n) is 6.13. The summed E-state index contributed by atoms with van der Waals surface area (Å²) in [4.78, 5) is 8.25. The van der Waals surface area contributed by atoms with Crippen molar-refractivity contribution >= 4 is 12.2 Å². The van der Waals surface area contributed by atoms with Gasteiger partial charge in [-0.2, -0.15) is 18.3 Å². The fourth-order valence-electron chi connectivity index (χ4n) is 1.70. The zero-order valence-corrected chi connectivity index (χ0v) is 11.4. The van der Waals surface area contributed by atoms with Crippen molar-refractivity contribution in [1.82, 2.24) is 9.97 Å². The summed E-state index contributed by atoms with van der Waals surface area (Å²) in [6.45, 7) is 3.67.